The maximum absolute atomic E-state index is 11.8. The highest BCUT2D eigenvalue weighted by atomic mass is 16.5. The van der Waals surface area contributed by atoms with Gasteiger partial charge in [0.15, 0.2) is 0 Å². The molecule has 1 saturated heterocycles. The molecule has 0 bridgehead atoms. The lowest BCUT2D eigenvalue weighted by atomic mass is 10.2. The molecule has 31 heavy (non-hydrogen) atoms. The number of aromatic nitrogens is 2. The molecule has 8 heteroatoms. The van der Waals surface area contributed by atoms with Crippen LogP contribution >= 0.6 is 0 Å². The lowest BCUT2D eigenvalue weighted by Gasteiger charge is -2.36. The van der Waals surface area contributed by atoms with E-state index in [0.717, 1.165) is 57.0 Å². The van der Waals surface area contributed by atoms with Crippen molar-refractivity contribution in [1.82, 2.24) is 14.9 Å². The van der Waals surface area contributed by atoms with E-state index in [4.69, 9.17) is 9.47 Å². The second-order valence-electron chi connectivity index (χ2n) is 7.67. The molecule has 2 heterocycles. The average Bonchev–Trinajstić information content (AvgIpc) is 2.79. The molecule has 0 aliphatic carbocycles. The van der Waals surface area contributed by atoms with Crippen LogP contribution in [0.4, 0.5) is 5.69 Å². The van der Waals surface area contributed by atoms with Crippen molar-refractivity contribution in [3.8, 4) is 11.5 Å². The summed E-state index contributed by atoms with van der Waals surface area (Å²) in [4.78, 5) is 32.9. The molecule has 2 aromatic carbocycles. The predicted octanol–water partition coefficient (Wildman–Crippen LogP) is 2.21. The molecule has 1 aliphatic heterocycles. The van der Waals surface area contributed by atoms with Gasteiger partial charge >= 0.3 is 5.69 Å². The summed E-state index contributed by atoms with van der Waals surface area (Å²) in [5.41, 5.74) is 0.743. The topological polar surface area (TPSA) is 90.7 Å². The van der Waals surface area contributed by atoms with Crippen molar-refractivity contribution in [2.24, 2.45) is 0 Å². The Labute approximate surface area is 180 Å². The number of hydrogen-bond donors (Lipinski definition) is 2. The maximum atomic E-state index is 11.8. The fourth-order valence-electron chi connectivity index (χ4n) is 3.97. The van der Waals surface area contributed by atoms with E-state index in [1.807, 2.05) is 12.1 Å². The number of para-hydroxylation sites is 2. The van der Waals surface area contributed by atoms with Crippen LogP contribution < -0.4 is 25.6 Å². The van der Waals surface area contributed by atoms with Gasteiger partial charge in [0.05, 0.1) is 30.3 Å². The number of aromatic amines is 2. The van der Waals surface area contributed by atoms with Gasteiger partial charge in [0.2, 0.25) is 0 Å². The Morgan fingerprint density at radius 2 is 1.77 bits per heavy atom. The Hall–Kier alpha value is -3.26. The highest BCUT2D eigenvalue weighted by Gasteiger charge is 2.19. The van der Waals surface area contributed by atoms with Gasteiger partial charge in [0, 0.05) is 32.2 Å². The first-order chi connectivity index (χ1) is 15.1. The van der Waals surface area contributed by atoms with Crippen LogP contribution in [0.1, 0.15) is 12.8 Å². The molecule has 0 atom stereocenters. The normalized spacial score (nSPS) is 14.7. The van der Waals surface area contributed by atoms with E-state index in [1.165, 1.54) is 0 Å². The third kappa shape index (κ3) is 5.08. The molecule has 0 saturated carbocycles. The van der Waals surface area contributed by atoms with Gasteiger partial charge in [0.1, 0.15) is 11.5 Å². The van der Waals surface area contributed by atoms with Crippen molar-refractivity contribution in [2.75, 3.05) is 51.3 Å². The molecular weight excluding hydrogens is 396 g/mol. The molecule has 1 fully saturated rings. The monoisotopic (exact) mass is 424 g/mol. The molecule has 164 valence electrons. The zero-order chi connectivity index (χ0) is 21.6. The number of methoxy groups -OCH3 is 1. The lowest BCUT2D eigenvalue weighted by molar-refractivity contribution is 0.238. The number of benzene rings is 2. The fourth-order valence-corrected chi connectivity index (χ4v) is 3.97. The average molecular weight is 425 g/mol. The quantitative estimate of drug-likeness (QED) is 0.539. The smallest absolute Gasteiger partial charge is 0.326 e. The van der Waals surface area contributed by atoms with Crippen molar-refractivity contribution < 1.29 is 9.47 Å². The van der Waals surface area contributed by atoms with Gasteiger partial charge in [-0.15, -0.1) is 0 Å². The standard InChI is InChI=1S/C23H28N4O4/c1-30-21-7-3-2-6-20(21)27-13-11-26(12-14-27)10-4-5-15-31-17-8-9-18-19(16-17)24-23(29)25-22(18)28/h2-3,6-9,16H,4-5,10-15H2,1H3,(H2,24,25,28,29). The summed E-state index contributed by atoms with van der Waals surface area (Å²) < 4.78 is 11.3. The van der Waals surface area contributed by atoms with Crippen molar-refractivity contribution in [3.05, 3.63) is 63.3 Å². The van der Waals surface area contributed by atoms with Gasteiger partial charge in [-0.25, -0.2) is 4.79 Å². The zero-order valence-corrected chi connectivity index (χ0v) is 17.7. The van der Waals surface area contributed by atoms with Crippen LogP contribution in [0, 0.1) is 0 Å². The van der Waals surface area contributed by atoms with Gasteiger partial charge in [-0.05, 0) is 43.7 Å². The molecule has 0 amide bonds. The van der Waals surface area contributed by atoms with Crippen LogP contribution in [0.15, 0.2) is 52.1 Å². The number of piperazine rings is 1. The number of unbranched alkanes of at least 4 members (excludes halogenated alkanes) is 1. The molecule has 1 aromatic heterocycles. The largest absolute Gasteiger partial charge is 0.495 e. The zero-order valence-electron chi connectivity index (χ0n) is 17.7. The number of nitrogens with zero attached hydrogens (tertiary/aromatic N) is 2. The van der Waals surface area contributed by atoms with E-state index >= 15 is 0 Å². The summed E-state index contributed by atoms with van der Waals surface area (Å²) in [5.74, 6) is 1.58. The number of rotatable bonds is 8. The summed E-state index contributed by atoms with van der Waals surface area (Å²) >= 11 is 0. The first-order valence-electron chi connectivity index (χ1n) is 10.6. The number of nitrogens with one attached hydrogen (secondary N) is 2. The number of ether oxygens (including phenoxy) is 2. The van der Waals surface area contributed by atoms with Gasteiger partial charge in [-0.3, -0.25) is 14.7 Å². The molecule has 0 radical (unpaired) electrons. The molecule has 0 spiro atoms. The molecule has 0 unspecified atom stereocenters. The van der Waals surface area contributed by atoms with Crippen LogP contribution in [-0.2, 0) is 0 Å². The van der Waals surface area contributed by atoms with Crippen LogP contribution in [0.5, 0.6) is 11.5 Å². The molecule has 8 nitrogen and oxygen atoms in total. The molecular formula is C23H28N4O4. The second kappa shape index (κ2) is 9.70. The lowest BCUT2D eigenvalue weighted by Crippen LogP contribution is -2.46. The SMILES string of the molecule is COc1ccccc1N1CCN(CCCCOc2ccc3c(=O)[nH]c(=O)[nH]c3c2)CC1. The highest BCUT2D eigenvalue weighted by molar-refractivity contribution is 5.78. The summed E-state index contributed by atoms with van der Waals surface area (Å²) in [5, 5.41) is 0.444. The van der Waals surface area contributed by atoms with Gasteiger partial charge in [-0.2, -0.15) is 0 Å². The van der Waals surface area contributed by atoms with Crippen LogP contribution in [0.3, 0.4) is 0 Å². The molecule has 2 N–H and O–H groups in total. The van der Waals surface area contributed by atoms with Gasteiger partial charge in [0.25, 0.3) is 5.56 Å². The van der Waals surface area contributed by atoms with E-state index in [2.05, 4.69) is 31.9 Å². The molecule has 1 aliphatic rings. The minimum atomic E-state index is -0.513. The number of anilines is 1. The van der Waals surface area contributed by atoms with Crippen LogP contribution in [0.2, 0.25) is 0 Å². The van der Waals surface area contributed by atoms with Crippen LogP contribution in [0.25, 0.3) is 10.9 Å². The van der Waals surface area contributed by atoms with E-state index in [1.54, 1.807) is 25.3 Å². The summed E-state index contributed by atoms with van der Waals surface area (Å²) in [6.07, 6.45) is 2.00. The summed E-state index contributed by atoms with van der Waals surface area (Å²) in [6, 6.07) is 13.3. The summed E-state index contributed by atoms with van der Waals surface area (Å²) in [7, 11) is 1.72. The number of fused-ring (bicyclic) bond motifs is 1. The van der Waals surface area contributed by atoms with Crippen molar-refractivity contribution in [2.45, 2.75) is 12.8 Å². The minimum Gasteiger partial charge on any atom is -0.495 e. The number of hydrogen-bond acceptors (Lipinski definition) is 6. The van der Waals surface area contributed by atoms with E-state index < -0.39 is 11.2 Å². The number of H-pyrrole nitrogens is 2. The Balaban J connectivity index is 1.19. The van der Waals surface area contributed by atoms with Crippen molar-refractivity contribution in [3.63, 3.8) is 0 Å². The first kappa shape index (κ1) is 21.0. The molecule has 3 aromatic rings. The second-order valence-corrected chi connectivity index (χ2v) is 7.67. The third-order valence-corrected chi connectivity index (χ3v) is 5.65. The van der Waals surface area contributed by atoms with Crippen molar-refractivity contribution in [1.29, 1.82) is 0 Å². The Kier molecular flexibility index (Phi) is 6.57. The van der Waals surface area contributed by atoms with Gasteiger partial charge < -0.3 is 19.4 Å². The first-order valence-corrected chi connectivity index (χ1v) is 10.6. The van der Waals surface area contributed by atoms with E-state index in [-0.39, 0.29) is 0 Å². The Morgan fingerprint density at radius 1 is 0.968 bits per heavy atom. The Morgan fingerprint density at radius 3 is 2.58 bits per heavy atom. The van der Waals surface area contributed by atoms with E-state index in [0.29, 0.717) is 23.3 Å². The van der Waals surface area contributed by atoms with Crippen LogP contribution in [-0.4, -0.2) is 61.3 Å². The Bertz CT molecular complexity index is 1130. The fraction of sp³-hybridized carbons (Fsp3) is 0.391. The highest BCUT2D eigenvalue weighted by Crippen LogP contribution is 2.28. The maximum Gasteiger partial charge on any atom is 0.326 e. The van der Waals surface area contributed by atoms with Gasteiger partial charge in [-0.1, -0.05) is 12.1 Å². The summed E-state index contributed by atoms with van der Waals surface area (Å²) in [6.45, 7) is 5.69. The predicted molar refractivity (Wildman–Crippen MR) is 122 cm³/mol. The van der Waals surface area contributed by atoms with E-state index in [9.17, 15) is 9.59 Å². The molecule has 4 rings (SSSR count). The van der Waals surface area contributed by atoms with Crippen molar-refractivity contribution >= 4 is 16.6 Å². The third-order valence-electron chi connectivity index (χ3n) is 5.65. The minimum absolute atomic E-state index is 0.392.